The number of amides is 1. The molecule has 2 heterocycles. The number of H-pyrrole nitrogens is 1. The van der Waals surface area contributed by atoms with Gasteiger partial charge in [-0.1, -0.05) is 36.0 Å². The van der Waals surface area contributed by atoms with Gasteiger partial charge in [-0.15, -0.1) is 0 Å². The standard InChI is InChI=1S/C23H24N4O2S/c1-27(2)20(21-8-5-13-29-21)14-24-22(28)17-11-9-16(10-12-17)15-30-23-25-18-6-3-4-7-19(18)26-23/h3-13,20H,14-15H2,1-2H3,(H,24,28)(H,25,26)/p+1/t20-/m1/s1. The maximum Gasteiger partial charge on any atom is 0.251 e. The monoisotopic (exact) mass is 421 g/mol. The third-order valence-corrected chi connectivity index (χ3v) is 5.95. The second kappa shape index (κ2) is 9.19. The zero-order chi connectivity index (χ0) is 20.9. The van der Waals surface area contributed by atoms with Crippen LogP contribution in [0.1, 0.15) is 27.7 Å². The van der Waals surface area contributed by atoms with E-state index in [0.717, 1.165) is 33.3 Å². The third kappa shape index (κ3) is 4.75. The van der Waals surface area contributed by atoms with Crippen molar-refractivity contribution in [3.63, 3.8) is 0 Å². The van der Waals surface area contributed by atoms with Crippen LogP contribution in [0.15, 0.2) is 76.5 Å². The number of thioether (sulfide) groups is 1. The van der Waals surface area contributed by atoms with Crippen LogP contribution >= 0.6 is 11.8 Å². The average Bonchev–Trinajstić information content (AvgIpc) is 3.42. The number of aromatic amines is 1. The highest BCUT2D eigenvalue weighted by atomic mass is 32.2. The number of benzene rings is 2. The van der Waals surface area contributed by atoms with E-state index < -0.39 is 0 Å². The SMILES string of the molecule is C[NH+](C)[C@H](CNC(=O)c1ccc(CSc2nc3ccccc3[nH]2)cc1)c1ccco1. The van der Waals surface area contributed by atoms with Gasteiger partial charge in [0.25, 0.3) is 5.91 Å². The Morgan fingerprint density at radius 3 is 2.63 bits per heavy atom. The highest BCUT2D eigenvalue weighted by Crippen LogP contribution is 2.23. The van der Waals surface area contributed by atoms with Gasteiger partial charge in [-0.25, -0.2) is 4.98 Å². The number of imidazole rings is 1. The third-order valence-electron chi connectivity index (χ3n) is 5.01. The number of nitrogens with zero attached hydrogens (tertiary/aromatic N) is 1. The lowest BCUT2D eigenvalue weighted by molar-refractivity contribution is -0.891. The number of carbonyl (C=O) groups excluding carboxylic acids is 1. The Labute approximate surface area is 179 Å². The number of likely N-dealkylation sites (N-methyl/N-ethyl adjacent to an activating group) is 1. The van der Waals surface area contributed by atoms with E-state index in [9.17, 15) is 4.79 Å². The van der Waals surface area contributed by atoms with Crippen molar-refractivity contribution in [2.75, 3.05) is 20.6 Å². The van der Waals surface area contributed by atoms with Crippen LogP contribution in [0.2, 0.25) is 0 Å². The number of quaternary nitrogens is 1. The molecule has 0 unspecified atom stereocenters. The molecule has 0 aliphatic heterocycles. The van der Waals surface area contributed by atoms with Gasteiger partial charge in [0.15, 0.2) is 17.0 Å². The number of hydrogen-bond acceptors (Lipinski definition) is 4. The van der Waals surface area contributed by atoms with Crippen LogP contribution in [-0.4, -0.2) is 36.5 Å². The molecule has 4 aromatic rings. The van der Waals surface area contributed by atoms with Crippen molar-refractivity contribution < 1.29 is 14.1 Å². The first-order valence-electron chi connectivity index (χ1n) is 9.88. The van der Waals surface area contributed by atoms with Crippen LogP contribution in [0.3, 0.4) is 0 Å². The summed E-state index contributed by atoms with van der Waals surface area (Å²) in [5.41, 5.74) is 3.81. The highest BCUT2D eigenvalue weighted by Gasteiger charge is 2.21. The molecule has 0 aliphatic rings. The summed E-state index contributed by atoms with van der Waals surface area (Å²) in [5, 5.41) is 3.92. The molecule has 6 nitrogen and oxygen atoms in total. The molecule has 1 atom stereocenters. The van der Waals surface area contributed by atoms with Gasteiger partial charge in [0, 0.05) is 11.3 Å². The molecule has 0 spiro atoms. The van der Waals surface area contributed by atoms with Crippen molar-refractivity contribution in [1.29, 1.82) is 0 Å². The zero-order valence-corrected chi connectivity index (χ0v) is 17.8. The molecule has 3 N–H and O–H groups in total. The van der Waals surface area contributed by atoms with Crippen molar-refractivity contribution in [1.82, 2.24) is 15.3 Å². The van der Waals surface area contributed by atoms with Gasteiger partial charge in [0.1, 0.15) is 0 Å². The summed E-state index contributed by atoms with van der Waals surface area (Å²) in [6.45, 7) is 0.512. The first kappa shape index (κ1) is 20.3. The second-order valence-corrected chi connectivity index (χ2v) is 8.36. The zero-order valence-electron chi connectivity index (χ0n) is 17.0. The summed E-state index contributed by atoms with van der Waals surface area (Å²) >= 11 is 1.65. The van der Waals surface area contributed by atoms with Crippen molar-refractivity contribution in [3.8, 4) is 0 Å². The molecule has 0 saturated heterocycles. The minimum atomic E-state index is -0.0794. The second-order valence-electron chi connectivity index (χ2n) is 7.40. The molecule has 0 radical (unpaired) electrons. The van der Waals surface area contributed by atoms with E-state index in [2.05, 4.69) is 15.3 Å². The molecule has 4 rings (SSSR count). The average molecular weight is 422 g/mol. The molecule has 0 bridgehead atoms. The lowest BCUT2D eigenvalue weighted by atomic mass is 10.1. The van der Waals surface area contributed by atoms with Crippen LogP contribution in [0, 0.1) is 0 Å². The summed E-state index contributed by atoms with van der Waals surface area (Å²) in [6.07, 6.45) is 1.66. The Bertz CT molecular complexity index is 1070. The Hall–Kier alpha value is -3.03. The van der Waals surface area contributed by atoms with Crippen molar-refractivity contribution in [2.24, 2.45) is 0 Å². The number of carbonyl (C=O) groups is 1. The quantitative estimate of drug-likeness (QED) is 0.382. The number of aromatic nitrogens is 2. The van der Waals surface area contributed by atoms with Crippen LogP contribution in [-0.2, 0) is 5.75 Å². The minimum Gasteiger partial charge on any atom is -0.463 e. The van der Waals surface area contributed by atoms with E-state index >= 15 is 0 Å². The summed E-state index contributed by atoms with van der Waals surface area (Å²) < 4.78 is 5.51. The summed E-state index contributed by atoms with van der Waals surface area (Å²) in [4.78, 5) is 21.7. The van der Waals surface area contributed by atoms with Gasteiger partial charge < -0.3 is 19.6 Å². The molecule has 0 saturated carbocycles. The van der Waals surface area contributed by atoms with E-state index in [1.54, 1.807) is 18.0 Å². The molecule has 2 aromatic carbocycles. The summed E-state index contributed by atoms with van der Waals surface area (Å²) in [5.74, 6) is 1.57. The van der Waals surface area contributed by atoms with Gasteiger partial charge in [0.2, 0.25) is 0 Å². The van der Waals surface area contributed by atoms with E-state index in [0.29, 0.717) is 12.1 Å². The van der Waals surface area contributed by atoms with E-state index in [-0.39, 0.29) is 11.9 Å². The maximum atomic E-state index is 12.6. The van der Waals surface area contributed by atoms with Gasteiger partial charge in [-0.3, -0.25) is 4.79 Å². The fourth-order valence-electron chi connectivity index (χ4n) is 3.28. The smallest absolute Gasteiger partial charge is 0.251 e. The molecular weight excluding hydrogens is 396 g/mol. The number of rotatable bonds is 8. The predicted octanol–water partition coefficient (Wildman–Crippen LogP) is 3.06. The van der Waals surface area contributed by atoms with Crippen molar-refractivity contribution >= 4 is 28.7 Å². The topological polar surface area (TPSA) is 75.4 Å². The highest BCUT2D eigenvalue weighted by molar-refractivity contribution is 7.98. The van der Waals surface area contributed by atoms with Gasteiger partial charge in [-0.2, -0.15) is 0 Å². The van der Waals surface area contributed by atoms with Crippen LogP contribution in [0.25, 0.3) is 11.0 Å². The molecular formula is C23H25N4O2S+. The summed E-state index contributed by atoms with van der Waals surface area (Å²) in [7, 11) is 4.10. The predicted molar refractivity (Wildman–Crippen MR) is 119 cm³/mol. The molecule has 30 heavy (non-hydrogen) atoms. The van der Waals surface area contributed by atoms with E-state index in [4.69, 9.17) is 4.42 Å². The molecule has 7 heteroatoms. The van der Waals surface area contributed by atoms with Crippen LogP contribution < -0.4 is 10.2 Å². The van der Waals surface area contributed by atoms with Gasteiger partial charge in [0.05, 0.1) is 37.9 Å². The molecule has 0 fully saturated rings. The normalized spacial score (nSPS) is 12.4. The van der Waals surface area contributed by atoms with Crippen molar-refractivity contribution in [3.05, 3.63) is 83.8 Å². The molecule has 0 aliphatic carbocycles. The lowest BCUT2D eigenvalue weighted by Crippen LogP contribution is -3.07. The number of fused-ring (bicyclic) bond motifs is 1. The van der Waals surface area contributed by atoms with Crippen LogP contribution in [0.4, 0.5) is 0 Å². The van der Waals surface area contributed by atoms with E-state index in [1.165, 1.54) is 4.90 Å². The molecule has 2 aromatic heterocycles. The Morgan fingerprint density at radius 1 is 1.13 bits per heavy atom. The minimum absolute atomic E-state index is 0.0726. The first-order valence-corrected chi connectivity index (χ1v) is 10.9. The molecule has 154 valence electrons. The Kier molecular flexibility index (Phi) is 6.21. The number of nitrogens with one attached hydrogen (secondary N) is 3. The fourth-order valence-corrected chi connectivity index (χ4v) is 4.12. The maximum absolute atomic E-state index is 12.6. The fraction of sp³-hybridized carbons (Fsp3) is 0.217. The Morgan fingerprint density at radius 2 is 1.93 bits per heavy atom. The lowest BCUT2D eigenvalue weighted by Gasteiger charge is -2.19. The number of furan rings is 1. The van der Waals surface area contributed by atoms with E-state index in [1.807, 2.05) is 74.8 Å². The van der Waals surface area contributed by atoms with Crippen molar-refractivity contribution in [2.45, 2.75) is 17.0 Å². The van der Waals surface area contributed by atoms with Gasteiger partial charge in [-0.05, 0) is 42.0 Å². The van der Waals surface area contributed by atoms with Gasteiger partial charge >= 0.3 is 0 Å². The molecule has 1 amide bonds. The number of hydrogen-bond donors (Lipinski definition) is 3. The van der Waals surface area contributed by atoms with Crippen LogP contribution in [0.5, 0.6) is 0 Å². The Balaban J connectivity index is 1.32. The largest absolute Gasteiger partial charge is 0.463 e. The number of para-hydroxylation sites is 2. The first-order chi connectivity index (χ1) is 14.6. The summed E-state index contributed by atoms with van der Waals surface area (Å²) in [6, 6.07) is 19.6.